The van der Waals surface area contributed by atoms with Crippen molar-refractivity contribution in [3.05, 3.63) is 13.2 Å². The monoisotopic (exact) mass is 112 g/mol. The molecule has 0 amide bonds. The Morgan fingerprint density at radius 2 is 1.67 bits per heavy atom. The van der Waals surface area contributed by atoms with E-state index in [1.54, 1.807) is 0 Å². The molecular formula is C4H11KN-. The van der Waals surface area contributed by atoms with Crippen molar-refractivity contribution in [1.82, 2.24) is 0 Å². The molecule has 0 aliphatic carbocycles. The fraction of sp³-hybridized carbons (Fsp3) is 0.750. The summed E-state index contributed by atoms with van der Waals surface area (Å²) in [6.45, 7) is 2.56. The van der Waals surface area contributed by atoms with E-state index in [4.69, 9.17) is 5.73 Å². The summed E-state index contributed by atoms with van der Waals surface area (Å²) >= 11 is 0. The van der Waals surface area contributed by atoms with Gasteiger partial charge < -0.3 is 13.2 Å². The summed E-state index contributed by atoms with van der Waals surface area (Å²) in [4.78, 5) is 0. The minimum Gasteiger partial charge on any atom is -0.677 e. The summed E-state index contributed by atoms with van der Waals surface area (Å²) in [5, 5.41) is 0. The zero-order chi connectivity index (χ0) is 3.41. The van der Waals surface area contributed by atoms with Crippen LogP contribution in [-0.2, 0) is 0 Å². The van der Waals surface area contributed by atoms with Gasteiger partial charge in [-0.25, -0.2) is 0 Å². The van der Waals surface area contributed by atoms with Gasteiger partial charge in [0.2, 0.25) is 0 Å². The molecular weight excluding hydrogens is 101 g/mol. The molecule has 0 rings (SSSR count). The molecule has 0 aromatic carbocycles. The van der Waals surface area contributed by atoms with Crippen LogP contribution in [0.25, 0.3) is 5.73 Å². The van der Waals surface area contributed by atoms with Crippen molar-refractivity contribution < 1.29 is 51.4 Å². The Morgan fingerprint density at radius 1 is 1.50 bits per heavy atom. The topological polar surface area (TPSA) is 23.8 Å². The number of rotatable bonds is 1. The molecule has 0 saturated carbocycles. The van der Waals surface area contributed by atoms with Crippen LogP contribution in [0, 0.1) is 7.43 Å². The molecule has 0 aliphatic heterocycles. The van der Waals surface area contributed by atoms with E-state index in [1.165, 1.54) is 0 Å². The Labute approximate surface area is 83.1 Å². The summed E-state index contributed by atoms with van der Waals surface area (Å²) in [6, 6.07) is 0. The third-order valence-electron chi connectivity index (χ3n) is 0.250. The van der Waals surface area contributed by atoms with Crippen molar-refractivity contribution in [3.63, 3.8) is 0 Å². The maximum Gasteiger partial charge on any atom is 1.00 e. The first kappa shape index (κ1) is 15.6. The molecule has 0 atom stereocenters. The Morgan fingerprint density at radius 3 is 1.67 bits per heavy atom. The molecule has 0 heterocycles. The summed E-state index contributed by atoms with van der Waals surface area (Å²) in [5.74, 6) is 0. The van der Waals surface area contributed by atoms with Gasteiger partial charge in [-0.2, -0.15) is 6.54 Å². The first-order valence-corrected chi connectivity index (χ1v) is 1.56. The van der Waals surface area contributed by atoms with Crippen molar-refractivity contribution in [2.75, 3.05) is 6.54 Å². The van der Waals surface area contributed by atoms with Crippen LogP contribution in [0.4, 0.5) is 0 Å². The van der Waals surface area contributed by atoms with Gasteiger partial charge in [0.05, 0.1) is 0 Å². The van der Waals surface area contributed by atoms with Crippen LogP contribution in [0.2, 0.25) is 0 Å². The SMILES string of the molecule is CCC[NH-].[CH3-].[K+]. The molecule has 0 aliphatic rings. The molecule has 34 valence electrons. The van der Waals surface area contributed by atoms with Crippen LogP contribution in [-0.4, -0.2) is 6.54 Å². The van der Waals surface area contributed by atoms with Gasteiger partial charge in [-0.1, -0.05) is 13.3 Å². The minimum absolute atomic E-state index is 0. The second-order valence-corrected chi connectivity index (χ2v) is 0.750. The van der Waals surface area contributed by atoms with Gasteiger partial charge in [0.15, 0.2) is 0 Å². The minimum atomic E-state index is 0. The van der Waals surface area contributed by atoms with Crippen molar-refractivity contribution in [3.8, 4) is 0 Å². The van der Waals surface area contributed by atoms with Crippen molar-refractivity contribution in [2.24, 2.45) is 0 Å². The third-order valence-corrected chi connectivity index (χ3v) is 0.250. The van der Waals surface area contributed by atoms with E-state index in [9.17, 15) is 0 Å². The van der Waals surface area contributed by atoms with Crippen LogP contribution in [0.15, 0.2) is 0 Å². The predicted molar refractivity (Wildman–Crippen MR) is 25.9 cm³/mol. The fourth-order valence-corrected chi connectivity index (χ4v) is 0. The van der Waals surface area contributed by atoms with Gasteiger partial charge in [0, 0.05) is 0 Å². The first-order chi connectivity index (χ1) is 1.91. The maximum absolute atomic E-state index is 6.45. The molecule has 0 fully saturated rings. The first-order valence-electron chi connectivity index (χ1n) is 1.56. The largest absolute Gasteiger partial charge is 1.00 e. The van der Waals surface area contributed by atoms with Gasteiger partial charge in [-0.15, -0.1) is 0 Å². The zero-order valence-electron chi connectivity index (χ0n) is 4.91. The molecule has 0 aromatic heterocycles. The average molecular weight is 112 g/mol. The number of hydrogen-bond acceptors (Lipinski definition) is 0. The quantitative estimate of drug-likeness (QED) is 0.304. The van der Waals surface area contributed by atoms with Crippen LogP contribution in [0.3, 0.4) is 0 Å². The van der Waals surface area contributed by atoms with E-state index in [0.717, 1.165) is 6.42 Å². The maximum atomic E-state index is 6.45. The standard InChI is InChI=1S/C3H8N.CH3.K/c1-2-3-4;;/h4H,2-3H2,1H3;1H3;/q2*-1;+1. The molecule has 2 heteroatoms. The van der Waals surface area contributed by atoms with Gasteiger partial charge in [0.25, 0.3) is 0 Å². The van der Waals surface area contributed by atoms with Gasteiger partial charge in [-0.3, -0.25) is 0 Å². The normalized spacial score (nSPS) is 5.00. The summed E-state index contributed by atoms with van der Waals surface area (Å²) < 4.78 is 0. The zero-order valence-corrected chi connectivity index (χ0v) is 8.04. The fourth-order valence-electron chi connectivity index (χ4n) is 0. The molecule has 0 saturated heterocycles. The van der Waals surface area contributed by atoms with Crippen molar-refractivity contribution >= 4 is 0 Å². The summed E-state index contributed by atoms with van der Waals surface area (Å²) in [6.07, 6.45) is 0.986. The summed E-state index contributed by atoms with van der Waals surface area (Å²) in [7, 11) is 0. The Bertz CT molecular complexity index is 9.51. The number of nitrogens with one attached hydrogen (secondary N) is 1. The van der Waals surface area contributed by atoms with E-state index in [0.29, 0.717) is 6.54 Å². The molecule has 0 spiro atoms. The Balaban J connectivity index is -0.0000000450. The smallest absolute Gasteiger partial charge is 0.677 e. The molecule has 1 nitrogen and oxygen atoms in total. The second-order valence-electron chi connectivity index (χ2n) is 0.750. The van der Waals surface area contributed by atoms with Crippen LogP contribution in [0.5, 0.6) is 0 Å². The van der Waals surface area contributed by atoms with Crippen LogP contribution in [0.1, 0.15) is 13.3 Å². The number of hydrogen-bond donors (Lipinski definition) is 0. The van der Waals surface area contributed by atoms with Crippen molar-refractivity contribution in [1.29, 1.82) is 0 Å². The molecule has 1 N–H and O–H groups in total. The van der Waals surface area contributed by atoms with Gasteiger partial charge in [-0.05, 0) is 0 Å². The van der Waals surface area contributed by atoms with E-state index < -0.39 is 0 Å². The van der Waals surface area contributed by atoms with E-state index in [1.807, 2.05) is 6.92 Å². The van der Waals surface area contributed by atoms with Gasteiger partial charge in [0.1, 0.15) is 0 Å². The molecule has 0 bridgehead atoms. The van der Waals surface area contributed by atoms with E-state index in [-0.39, 0.29) is 58.8 Å². The average Bonchev–Trinajstić information content (AvgIpc) is 1.37. The van der Waals surface area contributed by atoms with E-state index >= 15 is 0 Å². The van der Waals surface area contributed by atoms with Crippen LogP contribution >= 0.6 is 0 Å². The third kappa shape index (κ3) is 17.5. The molecule has 6 heavy (non-hydrogen) atoms. The van der Waals surface area contributed by atoms with Gasteiger partial charge >= 0.3 is 51.4 Å². The van der Waals surface area contributed by atoms with Crippen molar-refractivity contribution in [2.45, 2.75) is 13.3 Å². The Kier molecular flexibility index (Phi) is 41.7. The van der Waals surface area contributed by atoms with E-state index in [2.05, 4.69) is 0 Å². The Hall–Kier alpha value is 1.60. The molecule has 0 unspecified atom stereocenters. The second kappa shape index (κ2) is 16.0. The molecule has 0 radical (unpaired) electrons. The van der Waals surface area contributed by atoms with Crippen LogP contribution < -0.4 is 51.4 Å². The summed E-state index contributed by atoms with van der Waals surface area (Å²) in [5.41, 5.74) is 6.45. The predicted octanol–water partition coefficient (Wildman–Crippen LogP) is -1.10. The molecule has 0 aromatic rings.